The Balaban J connectivity index is 1.37. The first-order valence-electron chi connectivity index (χ1n) is 11.1. The summed E-state index contributed by atoms with van der Waals surface area (Å²) >= 11 is 0. The molecular formula is C23H25N5O6S. The zero-order valence-corrected chi connectivity index (χ0v) is 19.9. The minimum absolute atomic E-state index is 0.0284. The molecule has 2 aliphatic rings. The first-order chi connectivity index (χ1) is 16.6. The highest BCUT2D eigenvalue weighted by Crippen LogP contribution is 2.30. The SMILES string of the molecule is CC(=O)N1CCCc2cc(S(=O)(=O)Nc3ccc(NC(=O)CCN4C(=O)CNC4=O)cc3)ccc21. The molecule has 2 aromatic rings. The van der Waals surface area contributed by atoms with Crippen LogP contribution in [0.4, 0.5) is 21.9 Å². The van der Waals surface area contributed by atoms with E-state index in [0.29, 0.717) is 24.3 Å². The predicted molar refractivity (Wildman–Crippen MR) is 128 cm³/mol. The highest BCUT2D eigenvalue weighted by molar-refractivity contribution is 7.92. The minimum atomic E-state index is -3.87. The lowest BCUT2D eigenvalue weighted by Crippen LogP contribution is -2.33. The zero-order valence-electron chi connectivity index (χ0n) is 19.0. The van der Waals surface area contributed by atoms with E-state index in [1.165, 1.54) is 25.1 Å². The summed E-state index contributed by atoms with van der Waals surface area (Å²) in [6.45, 7) is 2.00. The molecule has 0 saturated carbocycles. The first-order valence-corrected chi connectivity index (χ1v) is 12.5. The second-order valence-electron chi connectivity index (χ2n) is 8.25. The average Bonchev–Trinajstić information content (AvgIpc) is 3.15. The molecular weight excluding hydrogens is 474 g/mol. The summed E-state index contributed by atoms with van der Waals surface area (Å²) in [5.41, 5.74) is 2.29. The number of carbonyl (C=O) groups excluding carboxylic acids is 4. The average molecular weight is 500 g/mol. The largest absolute Gasteiger partial charge is 0.329 e. The standard InChI is InChI=1S/C23H25N5O6S/c1-15(29)27-11-2-3-16-13-19(8-9-20(16)27)35(33,34)26-18-6-4-17(5-7-18)25-21(30)10-12-28-22(31)14-24-23(28)32/h4-9,13,26H,2-3,10-12,14H2,1H3,(H,24,32)(H,25,30). The van der Waals surface area contributed by atoms with Crippen LogP contribution in [0.15, 0.2) is 47.4 Å². The van der Waals surface area contributed by atoms with Crippen LogP contribution in [0.5, 0.6) is 0 Å². The van der Waals surface area contributed by atoms with Gasteiger partial charge in [-0.2, -0.15) is 0 Å². The number of anilines is 3. The van der Waals surface area contributed by atoms with E-state index in [9.17, 15) is 27.6 Å². The Bertz CT molecular complexity index is 1280. The van der Waals surface area contributed by atoms with Gasteiger partial charge in [0.25, 0.3) is 10.0 Å². The van der Waals surface area contributed by atoms with Crippen LogP contribution >= 0.6 is 0 Å². The first kappa shape index (κ1) is 24.2. The van der Waals surface area contributed by atoms with Crippen molar-refractivity contribution in [2.75, 3.05) is 34.6 Å². The summed E-state index contributed by atoms with van der Waals surface area (Å²) in [6.07, 6.45) is 1.39. The molecule has 0 atom stereocenters. The molecule has 1 fully saturated rings. The Morgan fingerprint density at radius 3 is 2.43 bits per heavy atom. The molecule has 0 spiro atoms. The summed E-state index contributed by atoms with van der Waals surface area (Å²) in [4.78, 5) is 49.8. The van der Waals surface area contributed by atoms with E-state index in [0.717, 1.165) is 22.6 Å². The zero-order chi connectivity index (χ0) is 25.2. The lowest BCUT2D eigenvalue weighted by molar-refractivity contribution is -0.125. The van der Waals surface area contributed by atoms with Gasteiger partial charge in [-0.15, -0.1) is 0 Å². The van der Waals surface area contributed by atoms with E-state index < -0.39 is 16.1 Å². The van der Waals surface area contributed by atoms with Crippen LogP contribution in [0.3, 0.4) is 0 Å². The molecule has 0 aromatic heterocycles. The fraction of sp³-hybridized carbons (Fsp3) is 0.304. The lowest BCUT2D eigenvalue weighted by atomic mass is 10.0. The van der Waals surface area contributed by atoms with Gasteiger partial charge in [-0.3, -0.25) is 24.0 Å². The van der Waals surface area contributed by atoms with Crippen LogP contribution in [0, 0.1) is 0 Å². The summed E-state index contributed by atoms with van der Waals surface area (Å²) in [5, 5.41) is 5.03. The second kappa shape index (κ2) is 9.74. The molecule has 2 aromatic carbocycles. The van der Waals surface area contributed by atoms with Gasteiger partial charge in [-0.25, -0.2) is 13.2 Å². The molecule has 12 heteroatoms. The van der Waals surface area contributed by atoms with E-state index >= 15 is 0 Å². The normalized spacial score (nSPS) is 15.5. The number of sulfonamides is 1. The van der Waals surface area contributed by atoms with Crippen LogP contribution in [0.2, 0.25) is 0 Å². The number of hydrogen-bond donors (Lipinski definition) is 3. The van der Waals surface area contributed by atoms with Crippen molar-refractivity contribution in [3.63, 3.8) is 0 Å². The molecule has 4 rings (SSSR count). The number of nitrogens with one attached hydrogen (secondary N) is 3. The van der Waals surface area contributed by atoms with Crippen LogP contribution in [-0.2, 0) is 30.8 Å². The van der Waals surface area contributed by atoms with Gasteiger partial charge in [0.05, 0.1) is 11.4 Å². The molecule has 11 nitrogen and oxygen atoms in total. The van der Waals surface area contributed by atoms with E-state index in [4.69, 9.17) is 0 Å². The number of imide groups is 1. The van der Waals surface area contributed by atoms with Gasteiger partial charge in [0, 0.05) is 43.5 Å². The maximum atomic E-state index is 12.9. The van der Waals surface area contributed by atoms with Crippen LogP contribution in [0.1, 0.15) is 25.3 Å². The molecule has 0 unspecified atom stereocenters. The lowest BCUT2D eigenvalue weighted by Gasteiger charge is -2.28. The second-order valence-corrected chi connectivity index (χ2v) is 9.93. The van der Waals surface area contributed by atoms with Gasteiger partial charge in [-0.05, 0) is 60.9 Å². The molecule has 0 aliphatic carbocycles. The van der Waals surface area contributed by atoms with Gasteiger partial charge >= 0.3 is 6.03 Å². The number of nitrogens with zero attached hydrogens (tertiary/aromatic N) is 2. The summed E-state index contributed by atoms with van der Waals surface area (Å²) in [7, 11) is -3.87. The fourth-order valence-corrected chi connectivity index (χ4v) is 5.13. The van der Waals surface area contributed by atoms with E-state index in [1.54, 1.807) is 29.2 Å². The number of rotatable bonds is 7. The molecule has 2 aliphatic heterocycles. The molecule has 35 heavy (non-hydrogen) atoms. The molecule has 184 valence electrons. The van der Waals surface area contributed by atoms with Gasteiger partial charge in [0.1, 0.15) is 0 Å². The highest BCUT2D eigenvalue weighted by atomic mass is 32.2. The maximum absolute atomic E-state index is 12.9. The Hall–Kier alpha value is -3.93. The van der Waals surface area contributed by atoms with Gasteiger partial charge < -0.3 is 15.5 Å². The Labute approximate surface area is 202 Å². The van der Waals surface area contributed by atoms with Gasteiger partial charge in [0.15, 0.2) is 0 Å². The number of benzene rings is 2. The van der Waals surface area contributed by atoms with Crippen molar-refractivity contribution in [3.8, 4) is 0 Å². The van der Waals surface area contributed by atoms with Crippen molar-refractivity contribution in [3.05, 3.63) is 48.0 Å². The van der Waals surface area contributed by atoms with Crippen LogP contribution in [-0.4, -0.2) is 56.7 Å². The molecule has 2 heterocycles. The molecule has 0 radical (unpaired) electrons. The van der Waals surface area contributed by atoms with Crippen molar-refractivity contribution >= 4 is 50.8 Å². The Kier molecular flexibility index (Phi) is 6.74. The molecule has 0 bridgehead atoms. The maximum Gasteiger partial charge on any atom is 0.324 e. The third-order valence-electron chi connectivity index (χ3n) is 5.78. The summed E-state index contributed by atoms with van der Waals surface area (Å²) in [6, 6.07) is 10.3. The van der Waals surface area contributed by atoms with Crippen molar-refractivity contribution in [1.29, 1.82) is 0 Å². The quantitative estimate of drug-likeness (QED) is 0.494. The number of urea groups is 1. The summed E-state index contributed by atoms with van der Waals surface area (Å²) in [5.74, 6) is -0.851. The smallest absolute Gasteiger partial charge is 0.324 e. The number of fused-ring (bicyclic) bond motifs is 1. The minimum Gasteiger partial charge on any atom is -0.329 e. The van der Waals surface area contributed by atoms with Gasteiger partial charge in [0.2, 0.25) is 17.7 Å². The van der Waals surface area contributed by atoms with E-state index in [1.807, 2.05) is 0 Å². The fourth-order valence-electron chi connectivity index (χ4n) is 4.02. The van der Waals surface area contributed by atoms with Crippen molar-refractivity contribution in [1.82, 2.24) is 10.2 Å². The third kappa shape index (κ3) is 5.43. The Morgan fingerprint density at radius 1 is 1.06 bits per heavy atom. The monoisotopic (exact) mass is 499 g/mol. The van der Waals surface area contributed by atoms with Crippen LogP contribution < -0.4 is 20.3 Å². The topological polar surface area (TPSA) is 145 Å². The van der Waals surface area contributed by atoms with E-state index in [-0.39, 0.29) is 42.1 Å². The van der Waals surface area contributed by atoms with Gasteiger partial charge in [-0.1, -0.05) is 0 Å². The molecule has 1 saturated heterocycles. The Morgan fingerprint density at radius 2 is 1.77 bits per heavy atom. The third-order valence-corrected chi connectivity index (χ3v) is 7.16. The predicted octanol–water partition coefficient (Wildman–Crippen LogP) is 1.67. The number of hydrogen-bond acceptors (Lipinski definition) is 6. The van der Waals surface area contributed by atoms with Crippen LogP contribution in [0.25, 0.3) is 0 Å². The molecule has 3 N–H and O–H groups in total. The number of aryl methyl sites for hydroxylation is 1. The summed E-state index contributed by atoms with van der Waals surface area (Å²) < 4.78 is 28.3. The molecule has 5 amide bonds. The number of carbonyl (C=O) groups is 4. The number of amides is 5. The van der Waals surface area contributed by atoms with E-state index in [2.05, 4.69) is 15.4 Å². The van der Waals surface area contributed by atoms with Crippen molar-refractivity contribution < 1.29 is 27.6 Å². The van der Waals surface area contributed by atoms with Crippen molar-refractivity contribution in [2.45, 2.75) is 31.1 Å². The van der Waals surface area contributed by atoms with Crippen molar-refractivity contribution in [2.24, 2.45) is 0 Å². The highest BCUT2D eigenvalue weighted by Gasteiger charge is 2.28.